The monoisotopic (exact) mass is 1040 g/mol. The summed E-state index contributed by atoms with van der Waals surface area (Å²) in [5.74, 6) is -0.930. The minimum atomic E-state index is -0.791. The highest BCUT2D eigenvalue weighted by Crippen LogP contribution is 2.16. The molecule has 0 saturated heterocycles. The van der Waals surface area contributed by atoms with E-state index >= 15 is 0 Å². The molecule has 6 heteroatoms. The van der Waals surface area contributed by atoms with Gasteiger partial charge < -0.3 is 14.2 Å². The number of unbranched alkanes of at least 4 members (excludes halogenated alkanes) is 30. The summed E-state index contributed by atoms with van der Waals surface area (Å²) in [7, 11) is 0. The molecule has 0 fully saturated rings. The summed E-state index contributed by atoms with van der Waals surface area (Å²) in [4.78, 5) is 37.9. The lowest BCUT2D eigenvalue weighted by atomic mass is 10.0. The maximum absolute atomic E-state index is 12.8. The Morgan fingerprint density at radius 1 is 0.280 bits per heavy atom. The van der Waals surface area contributed by atoms with Crippen LogP contribution in [-0.2, 0) is 28.6 Å². The van der Waals surface area contributed by atoms with Gasteiger partial charge in [0.25, 0.3) is 0 Å². The van der Waals surface area contributed by atoms with Gasteiger partial charge in [0.2, 0.25) is 0 Å². The highest BCUT2D eigenvalue weighted by molar-refractivity contribution is 5.71. The molecular weight excluding hydrogens is 925 g/mol. The fraction of sp³-hybridized carbons (Fsp3) is 0.725. The highest BCUT2D eigenvalue weighted by Gasteiger charge is 2.19. The Labute approximate surface area is 464 Å². The first kappa shape index (κ1) is 71.3. The van der Waals surface area contributed by atoms with Crippen LogP contribution in [0.1, 0.15) is 303 Å². The number of hydrogen-bond donors (Lipinski definition) is 0. The second kappa shape index (κ2) is 62.9. The van der Waals surface area contributed by atoms with E-state index in [2.05, 4.69) is 118 Å². The molecule has 1 atom stereocenters. The Kier molecular flexibility index (Phi) is 59.8. The van der Waals surface area contributed by atoms with Gasteiger partial charge in [0.15, 0.2) is 6.10 Å². The number of rotatable bonds is 57. The minimum absolute atomic E-state index is 0.0893. The van der Waals surface area contributed by atoms with Crippen molar-refractivity contribution in [1.29, 1.82) is 0 Å². The third-order valence-electron chi connectivity index (χ3n) is 13.6. The van der Waals surface area contributed by atoms with Gasteiger partial charge in [-0.3, -0.25) is 14.4 Å². The summed E-state index contributed by atoms with van der Waals surface area (Å²) >= 11 is 0. The fourth-order valence-corrected chi connectivity index (χ4v) is 8.83. The van der Waals surface area contributed by atoms with Gasteiger partial charge in [-0.15, -0.1) is 0 Å². The summed E-state index contributed by atoms with van der Waals surface area (Å²) in [6.45, 7) is 6.42. The van der Waals surface area contributed by atoms with Crippen molar-refractivity contribution in [3.05, 3.63) is 97.2 Å². The van der Waals surface area contributed by atoms with Crippen molar-refractivity contribution in [2.45, 2.75) is 309 Å². The largest absolute Gasteiger partial charge is 0.462 e. The van der Waals surface area contributed by atoms with Crippen LogP contribution in [0.25, 0.3) is 0 Å². The molecule has 0 N–H and O–H groups in total. The lowest BCUT2D eigenvalue weighted by Gasteiger charge is -2.18. The van der Waals surface area contributed by atoms with Gasteiger partial charge in [-0.25, -0.2) is 0 Å². The molecule has 430 valence electrons. The first-order valence-electron chi connectivity index (χ1n) is 31.7. The lowest BCUT2D eigenvalue weighted by Crippen LogP contribution is -2.30. The van der Waals surface area contributed by atoms with Crippen LogP contribution in [0.3, 0.4) is 0 Å². The van der Waals surface area contributed by atoms with Crippen LogP contribution in [0, 0.1) is 0 Å². The summed E-state index contributed by atoms with van der Waals surface area (Å²) in [6.07, 6.45) is 84.8. The molecule has 0 aromatic rings. The zero-order valence-electron chi connectivity index (χ0n) is 49.3. The summed E-state index contributed by atoms with van der Waals surface area (Å²) in [5, 5.41) is 0. The second-order valence-corrected chi connectivity index (χ2v) is 20.9. The molecule has 0 rings (SSSR count). The van der Waals surface area contributed by atoms with Crippen LogP contribution in [0.4, 0.5) is 0 Å². The van der Waals surface area contributed by atoms with Gasteiger partial charge >= 0.3 is 17.9 Å². The molecule has 0 aliphatic rings. The van der Waals surface area contributed by atoms with Crippen LogP contribution in [-0.4, -0.2) is 37.2 Å². The van der Waals surface area contributed by atoms with Crippen molar-refractivity contribution in [2.24, 2.45) is 0 Å². The highest BCUT2D eigenvalue weighted by atomic mass is 16.6. The van der Waals surface area contributed by atoms with Crippen LogP contribution >= 0.6 is 0 Å². The van der Waals surface area contributed by atoms with Crippen molar-refractivity contribution in [2.75, 3.05) is 13.2 Å². The fourth-order valence-electron chi connectivity index (χ4n) is 8.83. The number of carbonyl (C=O) groups excluding carboxylic acids is 3. The Morgan fingerprint density at radius 3 is 0.827 bits per heavy atom. The maximum Gasteiger partial charge on any atom is 0.306 e. The first-order valence-corrected chi connectivity index (χ1v) is 31.7. The van der Waals surface area contributed by atoms with Crippen molar-refractivity contribution in [3.8, 4) is 0 Å². The third-order valence-corrected chi connectivity index (χ3v) is 13.6. The molecule has 0 aromatic carbocycles. The number of ether oxygens (including phenoxy) is 3. The normalized spacial score (nSPS) is 12.7. The van der Waals surface area contributed by atoms with Crippen molar-refractivity contribution in [3.63, 3.8) is 0 Å². The molecule has 0 aliphatic carbocycles. The van der Waals surface area contributed by atoms with Crippen molar-refractivity contribution in [1.82, 2.24) is 0 Å². The molecule has 0 heterocycles. The third kappa shape index (κ3) is 61.1. The predicted octanol–water partition coefficient (Wildman–Crippen LogP) is 21.7. The SMILES string of the molecule is CC/C=C\C/C=C\C/C=C\C/C=C\C/C=C\CCCCCC(=O)OC(COC(=O)CCCCCCC)COC(=O)CCCCCCCCCCCCCCCCCCCC/C=C\C/C=C\C/C=C\CCCCCCC. The van der Waals surface area contributed by atoms with E-state index in [9.17, 15) is 14.4 Å². The summed E-state index contributed by atoms with van der Waals surface area (Å²) in [6, 6.07) is 0. The molecule has 1 unspecified atom stereocenters. The van der Waals surface area contributed by atoms with Gasteiger partial charge in [0.1, 0.15) is 13.2 Å². The molecule has 0 amide bonds. The average Bonchev–Trinajstić information content (AvgIpc) is 3.41. The summed E-state index contributed by atoms with van der Waals surface area (Å²) < 4.78 is 16.7. The average molecular weight is 1040 g/mol. The Morgan fingerprint density at radius 2 is 0.520 bits per heavy atom. The van der Waals surface area contributed by atoms with E-state index in [4.69, 9.17) is 14.2 Å². The molecule has 0 saturated carbocycles. The predicted molar refractivity (Wildman–Crippen MR) is 325 cm³/mol. The number of carbonyl (C=O) groups is 3. The maximum atomic E-state index is 12.8. The quantitative estimate of drug-likeness (QED) is 0.0261. The van der Waals surface area contributed by atoms with E-state index in [0.29, 0.717) is 12.8 Å². The van der Waals surface area contributed by atoms with Gasteiger partial charge in [-0.2, -0.15) is 0 Å². The van der Waals surface area contributed by atoms with Crippen molar-refractivity contribution < 1.29 is 28.6 Å². The van der Waals surface area contributed by atoms with Crippen molar-refractivity contribution >= 4 is 17.9 Å². The van der Waals surface area contributed by atoms with Gasteiger partial charge in [-0.1, -0.05) is 279 Å². The smallest absolute Gasteiger partial charge is 0.306 e. The Bertz CT molecular complexity index is 1480. The molecule has 0 bridgehead atoms. The Balaban J connectivity index is 4.00. The topological polar surface area (TPSA) is 78.9 Å². The van der Waals surface area contributed by atoms with Crippen LogP contribution in [0.15, 0.2) is 97.2 Å². The number of hydrogen-bond acceptors (Lipinski definition) is 6. The minimum Gasteiger partial charge on any atom is -0.462 e. The molecule has 75 heavy (non-hydrogen) atoms. The summed E-state index contributed by atoms with van der Waals surface area (Å²) in [5.41, 5.74) is 0. The van der Waals surface area contributed by atoms with Crippen LogP contribution in [0.2, 0.25) is 0 Å². The van der Waals surface area contributed by atoms with E-state index in [1.807, 2.05) is 0 Å². The van der Waals surface area contributed by atoms with E-state index in [1.54, 1.807) is 0 Å². The molecular formula is C69H118O6. The Hall–Kier alpha value is -3.67. The van der Waals surface area contributed by atoms with E-state index in [-0.39, 0.29) is 37.5 Å². The first-order chi connectivity index (χ1) is 37.0. The van der Waals surface area contributed by atoms with Gasteiger partial charge in [-0.05, 0) is 103 Å². The molecule has 6 nitrogen and oxygen atoms in total. The lowest BCUT2D eigenvalue weighted by molar-refractivity contribution is -0.167. The van der Waals surface area contributed by atoms with Crippen LogP contribution < -0.4 is 0 Å². The van der Waals surface area contributed by atoms with E-state index < -0.39 is 6.10 Å². The molecule has 0 aromatic heterocycles. The molecule has 0 spiro atoms. The molecule has 0 radical (unpaired) electrons. The van der Waals surface area contributed by atoms with Gasteiger partial charge in [0.05, 0.1) is 0 Å². The second-order valence-electron chi connectivity index (χ2n) is 20.9. The number of allylic oxidation sites excluding steroid dienone is 16. The standard InChI is InChI=1S/C69H118O6/c1-4-7-10-13-15-17-19-21-23-25-27-28-29-30-31-32-33-34-35-36-37-38-39-40-42-43-45-47-49-51-53-56-59-62-68(71)74-65-66(64-73-67(70)61-58-55-12-9-6-3)75-69(72)63-60-57-54-52-50-48-46-44-41-26-24-22-20-18-16-14-11-8-5-2/h8,11,16,18-19,21-22,24-25,27,29-30,41,44,48,50,66H,4-7,9-10,12-15,17,20,23,26,28,31-40,42-43,45-47,49,51-65H2,1-3H3/b11-8-,18-16-,21-19-,24-22-,27-25-,30-29-,44-41-,50-48-. The van der Waals surface area contributed by atoms with E-state index in [1.165, 1.54) is 148 Å². The van der Waals surface area contributed by atoms with Crippen LogP contribution in [0.5, 0.6) is 0 Å². The number of esters is 3. The van der Waals surface area contributed by atoms with Gasteiger partial charge in [0, 0.05) is 19.3 Å². The zero-order chi connectivity index (χ0) is 54.3. The van der Waals surface area contributed by atoms with E-state index in [0.717, 1.165) is 116 Å². The molecule has 0 aliphatic heterocycles. The zero-order valence-corrected chi connectivity index (χ0v) is 49.3.